The van der Waals surface area contributed by atoms with Crippen LogP contribution >= 0.6 is 11.8 Å². The molecule has 100 valence electrons. The number of aromatic nitrogens is 3. The molecule has 2 rings (SSSR count). The fourth-order valence-corrected chi connectivity index (χ4v) is 2.53. The molecular weight excluding hydrogens is 250 g/mol. The van der Waals surface area contributed by atoms with Crippen molar-refractivity contribution in [2.24, 2.45) is 0 Å². The topological polar surface area (TPSA) is 63.2 Å². The summed E-state index contributed by atoms with van der Waals surface area (Å²) in [6.07, 6.45) is 0.0573. The second kappa shape index (κ2) is 6.08. The summed E-state index contributed by atoms with van der Waals surface area (Å²) in [5, 5.41) is 2.95. The van der Waals surface area contributed by atoms with Gasteiger partial charge in [0.15, 0.2) is 0 Å². The third-order valence-electron chi connectivity index (χ3n) is 2.46. The Morgan fingerprint density at radius 1 is 1.22 bits per heavy atom. The van der Waals surface area contributed by atoms with Crippen LogP contribution in [0.25, 0.3) is 0 Å². The molecule has 1 saturated heterocycles. The van der Waals surface area contributed by atoms with E-state index in [1.807, 2.05) is 25.6 Å². The normalized spacial score (nSPS) is 15.9. The smallest absolute Gasteiger partial charge is 0.323 e. The molecule has 1 fully saturated rings. The van der Waals surface area contributed by atoms with E-state index in [9.17, 15) is 0 Å². The van der Waals surface area contributed by atoms with Crippen molar-refractivity contribution < 1.29 is 4.74 Å². The Bertz CT molecular complexity index is 395. The third-order valence-corrected chi connectivity index (χ3v) is 3.40. The number of hydrogen-bond donors (Lipinski definition) is 1. The molecule has 1 aliphatic heterocycles. The molecule has 0 spiro atoms. The monoisotopic (exact) mass is 269 g/mol. The number of rotatable bonds is 4. The average molecular weight is 269 g/mol. The molecule has 0 saturated carbocycles. The second-order valence-corrected chi connectivity index (χ2v) is 5.48. The standard InChI is InChI=1S/C11H19N5OS/c1-8(2)17-11-14-9(12-3)13-10(15-11)16-4-6-18-7-5-16/h8H,4-7H2,1-3H3,(H,12,13,14,15). The van der Waals surface area contributed by atoms with Crippen LogP contribution in [-0.2, 0) is 0 Å². The van der Waals surface area contributed by atoms with E-state index in [4.69, 9.17) is 4.74 Å². The van der Waals surface area contributed by atoms with Crippen molar-refractivity contribution >= 4 is 23.7 Å². The summed E-state index contributed by atoms with van der Waals surface area (Å²) in [4.78, 5) is 15.1. The van der Waals surface area contributed by atoms with Crippen molar-refractivity contribution in [3.63, 3.8) is 0 Å². The van der Waals surface area contributed by atoms with Gasteiger partial charge >= 0.3 is 6.01 Å². The van der Waals surface area contributed by atoms with E-state index in [-0.39, 0.29) is 6.10 Å². The number of anilines is 2. The molecule has 0 radical (unpaired) electrons. The summed E-state index contributed by atoms with van der Waals surface area (Å²) >= 11 is 1.96. The molecule has 1 aromatic rings. The van der Waals surface area contributed by atoms with Gasteiger partial charge in [0.25, 0.3) is 0 Å². The zero-order valence-corrected chi connectivity index (χ0v) is 11.8. The Morgan fingerprint density at radius 2 is 1.94 bits per heavy atom. The first-order chi connectivity index (χ1) is 8.69. The fraction of sp³-hybridized carbons (Fsp3) is 0.727. The molecule has 2 heterocycles. The molecule has 0 aromatic carbocycles. The van der Waals surface area contributed by atoms with Gasteiger partial charge in [0.05, 0.1) is 6.10 Å². The summed E-state index contributed by atoms with van der Waals surface area (Å²) in [5.74, 6) is 3.47. The van der Waals surface area contributed by atoms with Crippen LogP contribution in [0.2, 0.25) is 0 Å². The molecule has 6 nitrogen and oxygen atoms in total. The van der Waals surface area contributed by atoms with Crippen LogP contribution in [0.4, 0.5) is 11.9 Å². The van der Waals surface area contributed by atoms with Crippen molar-refractivity contribution in [2.45, 2.75) is 20.0 Å². The summed E-state index contributed by atoms with van der Waals surface area (Å²) in [6.45, 7) is 5.86. The van der Waals surface area contributed by atoms with Crippen LogP contribution in [0.15, 0.2) is 0 Å². The lowest BCUT2D eigenvalue weighted by atomic mass is 10.5. The van der Waals surface area contributed by atoms with Crippen LogP contribution < -0.4 is 15.0 Å². The summed E-state index contributed by atoms with van der Waals surface area (Å²) in [7, 11) is 1.80. The van der Waals surface area contributed by atoms with E-state index in [1.165, 1.54) is 0 Å². The maximum Gasteiger partial charge on any atom is 0.323 e. The van der Waals surface area contributed by atoms with Gasteiger partial charge in [-0.3, -0.25) is 0 Å². The highest BCUT2D eigenvalue weighted by Crippen LogP contribution is 2.19. The minimum absolute atomic E-state index is 0.0573. The van der Waals surface area contributed by atoms with Gasteiger partial charge in [-0.15, -0.1) is 0 Å². The largest absolute Gasteiger partial charge is 0.461 e. The Hall–Kier alpha value is -1.24. The lowest BCUT2D eigenvalue weighted by molar-refractivity contribution is 0.222. The lowest BCUT2D eigenvalue weighted by Gasteiger charge is -2.26. The Balaban J connectivity index is 2.22. The first-order valence-electron chi connectivity index (χ1n) is 6.12. The van der Waals surface area contributed by atoms with E-state index in [1.54, 1.807) is 7.05 Å². The highest BCUT2D eigenvalue weighted by atomic mass is 32.2. The van der Waals surface area contributed by atoms with Gasteiger partial charge in [0, 0.05) is 31.6 Å². The molecule has 1 aromatic heterocycles. The predicted octanol–water partition coefficient (Wildman–Crippen LogP) is 1.25. The molecule has 0 aliphatic carbocycles. The van der Waals surface area contributed by atoms with Crippen LogP contribution in [0, 0.1) is 0 Å². The number of nitrogens with zero attached hydrogens (tertiary/aromatic N) is 4. The van der Waals surface area contributed by atoms with E-state index >= 15 is 0 Å². The number of nitrogens with one attached hydrogen (secondary N) is 1. The maximum absolute atomic E-state index is 5.55. The average Bonchev–Trinajstić information content (AvgIpc) is 2.38. The number of thioether (sulfide) groups is 1. The molecule has 1 N–H and O–H groups in total. The van der Waals surface area contributed by atoms with Crippen LogP contribution in [0.5, 0.6) is 6.01 Å². The van der Waals surface area contributed by atoms with Gasteiger partial charge in [-0.05, 0) is 13.8 Å². The molecule has 0 atom stereocenters. The second-order valence-electron chi connectivity index (χ2n) is 4.26. The van der Waals surface area contributed by atoms with Gasteiger partial charge in [-0.2, -0.15) is 26.7 Å². The van der Waals surface area contributed by atoms with Crippen molar-refractivity contribution in [3.05, 3.63) is 0 Å². The van der Waals surface area contributed by atoms with E-state index < -0.39 is 0 Å². The van der Waals surface area contributed by atoms with E-state index in [0.717, 1.165) is 24.6 Å². The Kier molecular flexibility index (Phi) is 4.46. The fourth-order valence-electron chi connectivity index (χ4n) is 1.63. The van der Waals surface area contributed by atoms with Gasteiger partial charge < -0.3 is 15.0 Å². The third kappa shape index (κ3) is 3.38. The Morgan fingerprint density at radius 3 is 2.56 bits per heavy atom. The van der Waals surface area contributed by atoms with E-state index in [0.29, 0.717) is 17.9 Å². The Labute approximate surface area is 112 Å². The summed E-state index contributed by atoms with van der Waals surface area (Å²) < 4.78 is 5.55. The van der Waals surface area contributed by atoms with Gasteiger partial charge in [-0.1, -0.05) is 0 Å². The van der Waals surface area contributed by atoms with Crippen molar-refractivity contribution in [3.8, 4) is 6.01 Å². The molecule has 0 bridgehead atoms. The minimum atomic E-state index is 0.0573. The number of hydrogen-bond acceptors (Lipinski definition) is 7. The zero-order valence-electron chi connectivity index (χ0n) is 11.0. The van der Waals surface area contributed by atoms with Crippen molar-refractivity contribution in [1.82, 2.24) is 15.0 Å². The first-order valence-corrected chi connectivity index (χ1v) is 7.27. The highest BCUT2D eigenvalue weighted by molar-refractivity contribution is 7.99. The van der Waals surface area contributed by atoms with Gasteiger partial charge in [0.2, 0.25) is 11.9 Å². The minimum Gasteiger partial charge on any atom is -0.461 e. The van der Waals surface area contributed by atoms with Gasteiger partial charge in [-0.25, -0.2) is 0 Å². The molecule has 1 aliphatic rings. The molecule has 0 amide bonds. The SMILES string of the molecule is CNc1nc(OC(C)C)nc(N2CCSCC2)n1. The molecule has 0 unspecified atom stereocenters. The summed E-state index contributed by atoms with van der Waals surface area (Å²) in [5.41, 5.74) is 0. The predicted molar refractivity (Wildman–Crippen MR) is 74.7 cm³/mol. The van der Waals surface area contributed by atoms with Crippen LogP contribution in [0.1, 0.15) is 13.8 Å². The van der Waals surface area contributed by atoms with Crippen LogP contribution in [-0.4, -0.2) is 52.7 Å². The molecular formula is C11H19N5OS. The number of ether oxygens (including phenoxy) is 1. The van der Waals surface area contributed by atoms with Gasteiger partial charge in [0.1, 0.15) is 0 Å². The van der Waals surface area contributed by atoms with Crippen molar-refractivity contribution in [2.75, 3.05) is 41.9 Å². The van der Waals surface area contributed by atoms with Crippen LogP contribution in [0.3, 0.4) is 0 Å². The first kappa shape index (κ1) is 13.2. The maximum atomic E-state index is 5.55. The quantitative estimate of drug-likeness (QED) is 0.882. The summed E-state index contributed by atoms with van der Waals surface area (Å²) in [6, 6.07) is 0.387. The van der Waals surface area contributed by atoms with E-state index in [2.05, 4.69) is 25.2 Å². The molecule has 7 heteroatoms. The van der Waals surface area contributed by atoms with Crippen molar-refractivity contribution in [1.29, 1.82) is 0 Å². The highest BCUT2D eigenvalue weighted by Gasteiger charge is 2.17. The molecule has 18 heavy (non-hydrogen) atoms. The lowest BCUT2D eigenvalue weighted by Crippen LogP contribution is -2.34. The zero-order chi connectivity index (χ0) is 13.0.